The molecule has 0 spiro atoms. The Morgan fingerprint density at radius 3 is 2.38 bits per heavy atom. The SMILES string of the molecule is CC(CN(CCCN(C)C)C(=O)c1ccncc1)C(=O)O. The van der Waals surface area contributed by atoms with Crippen LogP contribution >= 0.6 is 0 Å². The van der Waals surface area contributed by atoms with Crippen LogP contribution in [0.4, 0.5) is 0 Å². The first-order valence-electron chi connectivity index (χ1n) is 6.98. The first-order valence-corrected chi connectivity index (χ1v) is 6.98. The lowest BCUT2D eigenvalue weighted by Crippen LogP contribution is -2.38. The minimum Gasteiger partial charge on any atom is -0.481 e. The van der Waals surface area contributed by atoms with E-state index in [1.807, 2.05) is 19.0 Å². The van der Waals surface area contributed by atoms with Crippen molar-refractivity contribution in [2.24, 2.45) is 5.92 Å². The molecule has 1 aromatic rings. The van der Waals surface area contributed by atoms with E-state index in [1.165, 1.54) is 0 Å². The van der Waals surface area contributed by atoms with Crippen LogP contribution in [0.2, 0.25) is 0 Å². The molecular weight excluding hydrogens is 270 g/mol. The monoisotopic (exact) mass is 293 g/mol. The highest BCUT2D eigenvalue weighted by Crippen LogP contribution is 2.08. The van der Waals surface area contributed by atoms with Crippen LogP contribution < -0.4 is 0 Å². The fraction of sp³-hybridized carbons (Fsp3) is 0.533. The fourth-order valence-electron chi connectivity index (χ4n) is 1.94. The summed E-state index contributed by atoms with van der Waals surface area (Å²) < 4.78 is 0. The van der Waals surface area contributed by atoms with Crippen molar-refractivity contribution >= 4 is 11.9 Å². The van der Waals surface area contributed by atoms with E-state index in [2.05, 4.69) is 4.98 Å². The van der Waals surface area contributed by atoms with Crippen molar-refractivity contribution in [3.05, 3.63) is 30.1 Å². The Balaban J connectivity index is 2.75. The average Bonchev–Trinajstić information content (AvgIpc) is 2.45. The maximum absolute atomic E-state index is 12.5. The van der Waals surface area contributed by atoms with Gasteiger partial charge in [0.05, 0.1) is 5.92 Å². The number of carbonyl (C=O) groups is 2. The molecular formula is C15H23N3O3. The third-order valence-corrected chi connectivity index (χ3v) is 3.16. The summed E-state index contributed by atoms with van der Waals surface area (Å²) >= 11 is 0. The summed E-state index contributed by atoms with van der Waals surface area (Å²) in [6, 6.07) is 3.29. The summed E-state index contributed by atoms with van der Waals surface area (Å²) in [7, 11) is 3.93. The number of hydrogen-bond donors (Lipinski definition) is 1. The van der Waals surface area contributed by atoms with Gasteiger partial charge in [-0.15, -0.1) is 0 Å². The third kappa shape index (κ3) is 5.91. The highest BCUT2D eigenvalue weighted by molar-refractivity contribution is 5.94. The Bertz CT molecular complexity index is 462. The number of carboxylic acid groups (broad SMARTS) is 1. The molecule has 0 aromatic carbocycles. The largest absolute Gasteiger partial charge is 0.481 e. The van der Waals surface area contributed by atoms with Crippen molar-refractivity contribution in [2.75, 3.05) is 33.7 Å². The molecule has 1 unspecified atom stereocenters. The number of nitrogens with zero attached hydrogens (tertiary/aromatic N) is 3. The molecule has 1 rings (SSSR count). The number of aromatic nitrogens is 1. The topological polar surface area (TPSA) is 73.7 Å². The van der Waals surface area contributed by atoms with Crippen molar-refractivity contribution in [1.82, 2.24) is 14.8 Å². The zero-order chi connectivity index (χ0) is 15.8. The van der Waals surface area contributed by atoms with E-state index in [9.17, 15) is 9.59 Å². The summed E-state index contributed by atoms with van der Waals surface area (Å²) in [5.74, 6) is -1.63. The molecule has 0 saturated carbocycles. The Morgan fingerprint density at radius 1 is 1.24 bits per heavy atom. The van der Waals surface area contributed by atoms with Crippen LogP contribution in [0.25, 0.3) is 0 Å². The normalized spacial score (nSPS) is 12.2. The molecule has 1 atom stereocenters. The second kappa shape index (κ2) is 8.36. The van der Waals surface area contributed by atoms with Crippen LogP contribution in [0.5, 0.6) is 0 Å². The number of rotatable bonds is 8. The van der Waals surface area contributed by atoms with Gasteiger partial charge in [-0.1, -0.05) is 6.92 Å². The standard InChI is InChI=1S/C15H23N3O3/c1-12(15(20)21)11-18(10-4-9-17(2)3)14(19)13-5-7-16-8-6-13/h5-8,12H,4,9-11H2,1-3H3,(H,20,21). The Labute approximate surface area is 125 Å². The lowest BCUT2D eigenvalue weighted by molar-refractivity contribution is -0.141. The van der Waals surface area contributed by atoms with Gasteiger partial charge >= 0.3 is 5.97 Å². The summed E-state index contributed by atoms with van der Waals surface area (Å²) in [5.41, 5.74) is 0.535. The van der Waals surface area contributed by atoms with Crippen LogP contribution in [-0.2, 0) is 4.79 Å². The maximum atomic E-state index is 12.5. The molecule has 1 aromatic heterocycles. The van der Waals surface area contributed by atoms with E-state index in [0.29, 0.717) is 12.1 Å². The van der Waals surface area contributed by atoms with Crippen molar-refractivity contribution in [2.45, 2.75) is 13.3 Å². The van der Waals surface area contributed by atoms with E-state index >= 15 is 0 Å². The minimum atomic E-state index is -0.893. The zero-order valence-corrected chi connectivity index (χ0v) is 12.8. The van der Waals surface area contributed by atoms with Gasteiger partial charge in [0.2, 0.25) is 0 Å². The predicted octanol–water partition coefficient (Wildman–Crippen LogP) is 1.20. The number of carbonyl (C=O) groups excluding carboxylic acids is 1. The van der Waals surface area contributed by atoms with E-state index in [0.717, 1.165) is 13.0 Å². The maximum Gasteiger partial charge on any atom is 0.308 e. The molecule has 1 heterocycles. The molecule has 0 aliphatic rings. The average molecular weight is 293 g/mol. The molecule has 116 valence electrons. The van der Waals surface area contributed by atoms with E-state index in [-0.39, 0.29) is 12.5 Å². The second-order valence-electron chi connectivity index (χ2n) is 5.38. The molecule has 0 aliphatic carbocycles. The molecule has 1 N–H and O–H groups in total. The summed E-state index contributed by atoms with van der Waals surface area (Å²) in [5, 5.41) is 9.04. The van der Waals surface area contributed by atoms with Crippen molar-refractivity contribution in [1.29, 1.82) is 0 Å². The highest BCUT2D eigenvalue weighted by atomic mass is 16.4. The van der Waals surface area contributed by atoms with Gasteiger partial charge < -0.3 is 14.9 Å². The predicted molar refractivity (Wildman–Crippen MR) is 80.1 cm³/mol. The lowest BCUT2D eigenvalue weighted by Gasteiger charge is -2.25. The molecule has 6 nitrogen and oxygen atoms in total. The zero-order valence-electron chi connectivity index (χ0n) is 12.8. The first kappa shape index (κ1) is 17.1. The lowest BCUT2D eigenvalue weighted by atomic mass is 10.1. The molecule has 0 fully saturated rings. The van der Waals surface area contributed by atoms with Crippen LogP contribution in [0.3, 0.4) is 0 Å². The second-order valence-corrected chi connectivity index (χ2v) is 5.38. The fourth-order valence-corrected chi connectivity index (χ4v) is 1.94. The molecule has 0 radical (unpaired) electrons. The first-order chi connectivity index (χ1) is 9.91. The molecule has 0 saturated heterocycles. The van der Waals surface area contributed by atoms with E-state index in [1.54, 1.807) is 36.4 Å². The van der Waals surface area contributed by atoms with Gasteiger partial charge in [0.25, 0.3) is 5.91 Å². The number of carboxylic acids is 1. The molecule has 6 heteroatoms. The van der Waals surface area contributed by atoms with Crippen molar-refractivity contribution in [3.8, 4) is 0 Å². The Kier molecular flexibility index (Phi) is 6.81. The molecule has 21 heavy (non-hydrogen) atoms. The highest BCUT2D eigenvalue weighted by Gasteiger charge is 2.21. The van der Waals surface area contributed by atoms with Gasteiger partial charge in [0, 0.05) is 31.0 Å². The van der Waals surface area contributed by atoms with Crippen LogP contribution in [0.1, 0.15) is 23.7 Å². The summed E-state index contributed by atoms with van der Waals surface area (Å²) in [6.07, 6.45) is 3.92. The number of amides is 1. The summed E-state index contributed by atoms with van der Waals surface area (Å²) in [6.45, 7) is 3.21. The van der Waals surface area contributed by atoms with Gasteiger partial charge in [0.15, 0.2) is 0 Å². The van der Waals surface area contributed by atoms with E-state index < -0.39 is 11.9 Å². The Hall–Kier alpha value is -1.95. The van der Waals surface area contributed by atoms with Gasteiger partial charge in [-0.25, -0.2) is 0 Å². The van der Waals surface area contributed by atoms with Gasteiger partial charge in [-0.2, -0.15) is 0 Å². The van der Waals surface area contributed by atoms with Crippen molar-refractivity contribution in [3.63, 3.8) is 0 Å². The third-order valence-electron chi connectivity index (χ3n) is 3.16. The molecule has 0 aliphatic heterocycles. The van der Waals surface area contributed by atoms with Gasteiger partial charge in [-0.3, -0.25) is 14.6 Å². The Morgan fingerprint density at radius 2 is 1.86 bits per heavy atom. The number of hydrogen-bond acceptors (Lipinski definition) is 4. The van der Waals surface area contributed by atoms with E-state index in [4.69, 9.17) is 5.11 Å². The van der Waals surface area contributed by atoms with Crippen LogP contribution in [0, 0.1) is 5.92 Å². The smallest absolute Gasteiger partial charge is 0.308 e. The van der Waals surface area contributed by atoms with Crippen LogP contribution in [-0.4, -0.2) is 65.5 Å². The number of aliphatic carboxylic acids is 1. The minimum absolute atomic E-state index is 0.149. The number of pyridine rings is 1. The molecule has 1 amide bonds. The van der Waals surface area contributed by atoms with Gasteiger partial charge in [-0.05, 0) is 39.2 Å². The van der Waals surface area contributed by atoms with Crippen LogP contribution in [0.15, 0.2) is 24.5 Å². The quantitative estimate of drug-likeness (QED) is 0.779. The molecule has 0 bridgehead atoms. The van der Waals surface area contributed by atoms with Crippen molar-refractivity contribution < 1.29 is 14.7 Å². The van der Waals surface area contributed by atoms with Gasteiger partial charge in [0.1, 0.15) is 0 Å². The summed E-state index contributed by atoms with van der Waals surface area (Å²) in [4.78, 5) is 31.0.